The second kappa shape index (κ2) is 4.92. The van der Waals surface area contributed by atoms with Gasteiger partial charge in [-0.2, -0.15) is 13.2 Å². The van der Waals surface area contributed by atoms with Crippen LogP contribution in [-0.2, 0) is 6.18 Å². The summed E-state index contributed by atoms with van der Waals surface area (Å²) in [6.07, 6.45) is -2.07. The first kappa shape index (κ1) is 14.4. The number of fused-ring (bicyclic) bond motifs is 1. The fourth-order valence-electron chi connectivity index (χ4n) is 2.91. The summed E-state index contributed by atoms with van der Waals surface area (Å²) >= 11 is 5.99. The molecular formula is C15H10ClF3N4. The summed E-state index contributed by atoms with van der Waals surface area (Å²) in [5.74, 6) is 0.329. The third-order valence-corrected chi connectivity index (χ3v) is 4.29. The molecule has 2 heterocycles. The Hall–Kier alpha value is -2.15. The molecule has 0 N–H and O–H groups in total. The molecule has 0 amide bonds. The lowest BCUT2D eigenvalue weighted by atomic mass is 10.0. The van der Waals surface area contributed by atoms with Gasteiger partial charge >= 0.3 is 6.18 Å². The maximum atomic E-state index is 12.6. The highest BCUT2D eigenvalue weighted by molar-refractivity contribution is 6.29. The van der Waals surface area contributed by atoms with Crippen molar-refractivity contribution >= 4 is 17.2 Å². The Kier molecular flexibility index (Phi) is 3.09. The van der Waals surface area contributed by atoms with Gasteiger partial charge in [0.1, 0.15) is 6.33 Å². The molecule has 4 rings (SSSR count). The van der Waals surface area contributed by atoms with Gasteiger partial charge in [-0.05, 0) is 42.0 Å². The highest BCUT2D eigenvalue weighted by Gasteiger charge is 2.41. The number of hydrogen-bond donors (Lipinski definition) is 0. The molecular weight excluding hydrogens is 329 g/mol. The van der Waals surface area contributed by atoms with Crippen LogP contribution >= 0.6 is 11.6 Å². The fraction of sp³-hybridized carbons (Fsp3) is 0.267. The predicted octanol–water partition coefficient (Wildman–Crippen LogP) is 4.07. The lowest BCUT2D eigenvalue weighted by Crippen LogP contribution is -2.04. The van der Waals surface area contributed by atoms with Gasteiger partial charge in [0.15, 0.2) is 10.8 Å². The van der Waals surface area contributed by atoms with Crippen LogP contribution in [0.3, 0.4) is 0 Å². The third kappa shape index (κ3) is 2.55. The van der Waals surface area contributed by atoms with Gasteiger partial charge in [0.25, 0.3) is 0 Å². The minimum atomic E-state index is -4.31. The molecule has 8 heteroatoms. The van der Waals surface area contributed by atoms with Gasteiger partial charge in [-0.25, -0.2) is 4.98 Å². The number of aromatic nitrogens is 4. The Morgan fingerprint density at radius 1 is 1.13 bits per heavy atom. The fourth-order valence-corrected chi connectivity index (χ4v) is 3.10. The zero-order valence-electron chi connectivity index (χ0n) is 11.6. The molecule has 0 aliphatic heterocycles. The van der Waals surface area contributed by atoms with E-state index in [1.807, 2.05) is 0 Å². The van der Waals surface area contributed by atoms with E-state index in [0.29, 0.717) is 10.8 Å². The summed E-state index contributed by atoms with van der Waals surface area (Å²) in [6.45, 7) is 0. The summed E-state index contributed by atoms with van der Waals surface area (Å²) < 4.78 is 39.2. The average Bonchev–Trinajstić information content (AvgIpc) is 3.16. The van der Waals surface area contributed by atoms with Crippen molar-refractivity contribution < 1.29 is 13.2 Å². The molecule has 1 saturated carbocycles. The quantitative estimate of drug-likeness (QED) is 0.707. The molecule has 2 aromatic heterocycles. The summed E-state index contributed by atoms with van der Waals surface area (Å²) in [5, 5.41) is 8.31. The summed E-state index contributed by atoms with van der Waals surface area (Å²) in [4.78, 5) is 4.18. The number of halogens is 4. The van der Waals surface area contributed by atoms with Crippen molar-refractivity contribution in [1.82, 2.24) is 19.8 Å². The minimum absolute atomic E-state index is 0.163. The molecule has 0 unspecified atom stereocenters. The third-order valence-electron chi connectivity index (χ3n) is 4.11. The van der Waals surface area contributed by atoms with Gasteiger partial charge in [0.05, 0.1) is 5.56 Å². The normalized spacial score (nSPS) is 20.9. The Balaban J connectivity index is 1.63. The summed E-state index contributed by atoms with van der Waals surface area (Å²) in [5.41, 5.74) is 1.81. The summed E-state index contributed by atoms with van der Waals surface area (Å²) in [7, 11) is 0. The van der Waals surface area contributed by atoms with E-state index < -0.39 is 11.7 Å². The van der Waals surface area contributed by atoms with E-state index in [1.165, 1.54) is 23.1 Å². The Bertz CT molecular complexity index is 873. The van der Waals surface area contributed by atoms with Gasteiger partial charge in [0.2, 0.25) is 0 Å². The molecule has 1 aliphatic rings. The van der Waals surface area contributed by atoms with Crippen LogP contribution in [0, 0.1) is 0 Å². The predicted molar refractivity (Wildman–Crippen MR) is 77.3 cm³/mol. The van der Waals surface area contributed by atoms with Crippen molar-refractivity contribution in [3.05, 3.63) is 58.5 Å². The monoisotopic (exact) mass is 338 g/mol. The van der Waals surface area contributed by atoms with Crippen LogP contribution < -0.4 is 0 Å². The van der Waals surface area contributed by atoms with Crippen LogP contribution in [0.15, 0.2) is 36.7 Å². The van der Waals surface area contributed by atoms with Crippen molar-refractivity contribution in [2.24, 2.45) is 0 Å². The topological polar surface area (TPSA) is 43.1 Å². The maximum absolute atomic E-state index is 12.6. The van der Waals surface area contributed by atoms with Crippen LogP contribution in [0.5, 0.6) is 0 Å². The van der Waals surface area contributed by atoms with Crippen molar-refractivity contribution in [2.75, 3.05) is 0 Å². The lowest BCUT2D eigenvalue weighted by molar-refractivity contribution is -0.137. The van der Waals surface area contributed by atoms with Crippen LogP contribution in [0.1, 0.15) is 34.9 Å². The molecule has 1 aliphatic carbocycles. The average molecular weight is 339 g/mol. The molecule has 118 valence electrons. The maximum Gasteiger partial charge on any atom is 0.416 e. The first-order valence-corrected chi connectivity index (χ1v) is 7.35. The SMILES string of the molecule is FC(F)(F)c1ccc([C@H]2C[C@@H]2c2cc(Cl)nn3ncnc23)cc1. The number of rotatable bonds is 2. The van der Waals surface area contributed by atoms with Crippen LogP contribution in [0.25, 0.3) is 5.65 Å². The number of benzene rings is 1. The molecule has 0 radical (unpaired) electrons. The first-order chi connectivity index (χ1) is 10.9. The highest BCUT2D eigenvalue weighted by Crippen LogP contribution is 2.55. The lowest BCUT2D eigenvalue weighted by Gasteiger charge is -2.08. The smallest absolute Gasteiger partial charge is 0.213 e. The van der Waals surface area contributed by atoms with E-state index in [2.05, 4.69) is 15.2 Å². The van der Waals surface area contributed by atoms with E-state index in [1.54, 1.807) is 6.07 Å². The van der Waals surface area contributed by atoms with E-state index in [9.17, 15) is 13.2 Å². The van der Waals surface area contributed by atoms with Crippen molar-refractivity contribution in [2.45, 2.75) is 24.4 Å². The van der Waals surface area contributed by atoms with E-state index in [-0.39, 0.29) is 11.8 Å². The second-order valence-electron chi connectivity index (χ2n) is 5.56. The Labute approximate surface area is 133 Å². The zero-order valence-corrected chi connectivity index (χ0v) is 12.4. The molecule has 3 aromatic rings. The van der Waals surface area contributed by atoms with Crippen molar-refractivity contribution in [1.29, 1.82) is 0 Å². The van der Waals surface area contributed by atoms with E-state index >= 15 is 0 Å². The number of nitrogens with zero attached hydrogens (tertiary/aromatic N) is 4. The van der Waals surface area contributed by atoms with Gasteiger partial charge in [-0.1, -0.05) is 23.7 Å². The second-order valence-corrected chi connectivity index (χ2v) is 5.95. The number of hydrogen-bond acceptors (Lipinski definition) is 3. The zero-order chi connectivity index (χ0) is 16.2. The molecule has 2 atom stereocenters. The van der Waals surface area contributed by atoms with Crippen LogP contribution in [-0.4, -0.2) is 19.8 Å². The highest BCUT2D eigenvalue weighted by atomic mass is 35.5. The van der Waals surface area contributed by atoms with Gasteiger partial charge < -0.3 is 0 Å². The standard InChI is InChI=1S/C15H10ClF3N4/c16-13-6-12(14-20-7-21-23(14)22-13)11-5-10(11)8-1-3-9(4-2-8)15(17,18)19/h1-4,6-7,10-11H,5H2/t10-,11+/m1/s1. The van der Waals surface area contributed by atoms with Crippen molar-refractivity contribution in [3.8, 4) is 0 Å². The molecule has 23 heavy (non-hydrogen) atoms. The Morgan fingerprint density at radius 2 is 1.87 bits per heavy atom. The largest absolute Gasteiger partial charge is 0.416 e. The van der Waals surface area contributed by atoms with Gasteiger partial charge in [0, 0.05) is 5.56 Å². The van der Waals surface area contributed by atoms with E-state index in [0.717, 1.165) is 29.7 Å². The van der Waals surface area contributed by atoms with Crippen molar-refractivity contribution in [3.63, 3.8) is 0 Å². The Morgan fingerprint density at radius 3 is 2.57 bits per heavy atom. The molecule has 1 aromatic carbocycles. The van der Waals surface area contributed by atoms with Crippen LogP contribution in [0.2, 0.25) is 5.15 Å². The van der Waals surface area contributed by atoms with Gasteiger partial charge in [-0.15, -0.1) is 14.8 Å². The number of alkyl halides is 3. The summed E-state index contributed by atoms with van der Waals surface area (Å²) in [6, 6.07) is 7.07. The molecule has 1 fully saturated rings. The first-order valence-electron chi connectivity index (χ1n) is 6.97. The molecule has 0 bridgehead atoms. The molecule has 0 spiro atoms. The van der Waals surface area contributed by atoms with E-state index in [4.69, 9.17) is 11.6 Å². The van der Waals surface area contributed by atoms with Gasteiger partial charge in [-0.3, -0.25) is 0 Å². The van der Waals surface area contributed by atoms with Crippen LogP contribution in [0.4, 0.5) is 13.2 Å². The minimum Gasteiger partial charge on any atom is -0.213 e. The molecule has 4 nitrogen and oxygen atoms in total. The molecule has 0 saturated heterocycles.